The van der Waals surface area contributed by atoms with Gasteiger partial charge in [0.2, 0.25) is 11.1 Å². The lowest BCUT2D eigenvalue weighted by atomic mass is 10.2. The minimum absolute atomic E-state index is 0.0237. The Labute approximate surface area is 125 Å². The molecule has 2 aromatic rings. The molecule has 0 aliphatic rings. The van der Waals surface area contributed by atoms with Crippen LogP contribution in [0.5, 0.6) is 0 Å². The van der Waals surface area contributed by atoms with Gasteiger partial charge >= 0.3 is 0 Å². The van der Waals surface area contributed by atoms with Gasteiger partial charge in [-0.25, -0.2) is 4.68 Å². The molecule has 0 bridgehead atoms. The standard InChI is InChI=1S/C12H17N5OS2/c1-8(2)6-14-10(18)7-20-12-16-15-11(17(12)13)9-4-3-5-19-9/h3-5,8H,6-7,13H2,1-2H3,(H,14,18). The number of amides is 1. The summed E-state index contributed by atoms with van der Waals surface area (Å²) in [5.74, 6) is 7.26. The number of carbonyl (C=O) groups is 1. The highest BCUT2D eigenvalue weighted by molar-refractivity contribution is 7.99. The van der Waals surface area contributed by atoms with E-state index in [-0.39, 0.29) is 11.7 Å². The van der Waals surface area contributed by atoms with Gasteiger partial charge in [0.25, 0.3) is 0 Å². The Bertz CT molecular complexity index is 564. The van der Waals surface area contributed by atoms with Crippen molar-refractivity contribution < 1.29 is 4.79 Å². The highest BCUT2D eigenvalue weighted by Crippen LogP contribution is 2.24. The average molecular weight is 311 g/mol. The zero-order chi connectivity index (χ0) is 14.5. The molecule has 6 nitrogen and oxygen atoms in total. The zero-order valence-electron chi connectivity index (χ0n) is 11.4. The van der Waals surface area contributed by atoms with Crippen molar-refractivity contribution in [1.29, 1.82) is 0 Å². The maximum absolute atomic E-state index is 11.6. The normalized spacial score (nSPS) is 10.9. The summed E-state index contributed by atoms with van der Waals surface area (Å²) in [5.41, 5.74) is 0. The van der Waals surface area contributed by atoms with E-state index in [4.69, 9.17) is 5.84 Å². The number of hydrogen-bond acceptors (Lipinski definition) is 6. The lowest BCUT2D eigenvalue weighted by molar-refractivity contribution is -0.118. The molecule has 0 saturated carbocycles. The third kappa shape index (κ3) is 3.73. The van der Waals surface area contributed by atoms with Crippen LogP contribution in [-0.4, -0.2) is 33.1 Å². The van der Waals surface area contributed by atoms with E-state index in [9.17, 15) is 4.79 Å². The van der Waals surface area contributed by atoms with Crippen molar-refractivity contribution in [2.45, 2.75) is 19.0 Å². The third-order valence-electron chi connectivity index (χ3n) is 2.45. The molecule has 0 spiro atoms. The number of nitrogens with two attached hydrogens (primary N) is 1. The Kier molecular flexibility index (Phi) is 5.02. The highest BCUT2D eigenvalue weighted by atomic mass is 32.2. The number of nitrogens with one attached hydrogen (secondary N) is 1. The van der Waals surface area contributed by atoms with Crippen molar-refractivity contribution in [1.82, 2.24) is 20.2 Å². The van der Waals surface area contributed by atoms with Gasteiger partial charge in [0.15, 0.2) is 5.82 Å². The van der Waals surface area contributed by atoms with E-state index in [1.165, 1.54) is 16.4 Å². The van der Waals surface area contributed by atoms with Crippen molar-refractivity contribution in [2.24, 2.45) is 5.92 Å². The van der Waals surface area contributed by atoms with Gasteiger partial charge in [0, 0.05) is 6.54 Å². The number of thioether (sulfide) groups is 1. The summed E-state index contributed by atoms with van der Waals surface area (Å²) >= 11 is 2.83. The van der Waals surface area contributed by atoms with E-state index in [1.54, 1.807) is 11.3 Å². The first-order valence-electron chi connectivity index (χ1n) is 6.21. The second-order valence-corrected chi connectivity index (χ2v) is 6.53. The maximum atomic E-state index is 11.6. The van der Waals surface area contributed by atoms with Crippen LogP contribution in [0.25, 0.3) is 10.7 Å². The molecule has 0 aliphatic carbocycles. The molecule has 2 aromatic heterocycles. The fourth-order valence-corrected chi connectivity index (χ4v) is 2.84. The second kappa shape index (κ2) is 6.76. The van der Waals surface area contributed by atoms with Crippen molar-refractivity contribution in [3.8, 4) is 10.7 Å². The molecule has 0 aromatic carbocycles. The van der Waals surface area contributed by atoms with Crippen LogP contribution >= 0.6 is 23.1 Å². The van der Waals surface area contributed by atoms with Crippen LogP contribution in [0.15, 0.2) is 22.7 Å². The van der Waals surface area contributed by atoms with E-state index in [2.05, 4.69) is 29.4 Å². The number of carbonyl (C=O) groups excluding carboxylic acids is 1. The predicted molar refractivity (Wildman–Crippen MR) is 82.1 cm³/mol. The molecule has 3 N–H and O–H groups in total. The van der Waals surface area contributed by atoms with Crippen LogP contribution in [0.3, 0.4) is 0 Å². The van der Waals surface area contributed by atoms with Gasteiger partial charge in [-0.15, -0.1) is 21.5 Å². The number of nitrogen functional groups attached to an aromatic ring is 1. The monoisotopic (exact) mass is 311 g/mol. The predicted octanol–water partition coefficient (Wildman–Crippen LogP) is 1.58. The molecule has 0 unspecified atom stereocenters. The van der Waals surface area contributed by atoms with Crippen LogP contribution in [-0.2, 0) is 4.79 Å². The number of rotatable bonds is 6. The van der Waals surface area contributed by atoms with Crippen LogP contribution < -0.4 is 11.2 Å². The summed E-state index contributed by atoms with van der Waals surface area (Å²) in [5, 5.41) is 13.4. The molecule has 0 saturated heterocycles. The molecule has 1 amide bonds. The van der Waals surface area contributed by atoms with E-state index >= 15 is 0 Å². The Morgan fingerprint density at radius 1 is 1.55 bits per heavy atom. The van der Waals surface area contributed by atoms with Crippen molar-refractivity contribution in [3.05, 3.63) is 17.5 Å². The maximum Gasteiger partial charge on any atom is 0.230 e. The van der Waals surface area contributed by atoms with Gasteiger partial charge in [0.05, 0.1) is 10.6 Å². The smallest absolute Gasteiger partial charge is 0.230 e. The van der Waals surface area contributed by atoms with Crippen LogP contribution in [0.4, 0.5) is 0 Å². The quantitative estimate of drug-likeness (QED) is 0.625. The molecule has 0 atom stereocenters. The van der Waals surface area contributed by atoms with Crippen LogP contribution in [0, 0.1) is 5.92 Å². The summed E-state index contributed by atoms with van der Waals surface area (Å²) < 4.78 is 1.42. The number of thiophene rings is 1. The van der Waals surface area contributed by atoms with Gasteiger partial charge in [-0.2, -0.15) is 0 Å². The molecule has 20 heavy (non-hydrogen) atoms. The van der Waals surface area contributed by atoms with Gasteiger partial charge < -0.3 is 11.2 Å². The molecular formula is C12H17N5OS2. The fourth-order valence-electron chi connectivity index (χ4n) is 1.45. The first-order valence-corrected chi connectivity index (χ1v) is 8.08. The number of aromatic nitrogens is 3. The SMILES string of the molecule is CC(C)CNC(=O)CSc1nnc(-c2cccs2)n1N. The third-order valence-corrected chi connectivity index (χ3v) is 4.25. The molecule has 0 radical (unpaired) electrons. The Balaban J connectivity index is 1.93. The van der Waals surface area contributed by atoms with E-state index in [0.29, 0.717) is 23.4 Å². The topological polar surface area (TPSA) is 85.8 Å². The molecule has 0 fully saturated rings. The van der Waals surface area contributed by atoms with Gasteiger partial charge in [0.1, 0.15) is 0 Å². The molecule has 2 heterocycles. The molecule has 2 rings (SSSR count). The lowest BCUT2D eigenvalue weighted by Crippen LogP contribution is -2.29. The summed E-state index contributed by atoms with van der Waals surface area (Å²) in [6.45, 7) is 4.78. The molecule has 8 heteroatoms. The van der Waals surface area contributed by atoms with E-state index in [0.717, 1.165) is 4.88 Å². The zero-order valence-corrected chi connectivity index (χ0v) is 13.0. The summed E-state index contributed by atoms with van der Waals surface area (Å²) in [4.78, 5) is 12.6. The van der Waals surface area contributed by atoms with Crippen LogP contribution in [0.2, 0.25) is 0 Å². The minimum Gasteiger partial charge on any atom is -0.355 e. The number of hydrogen-bond donors (Lipinski definition) is 2. The largest absolute Gasteiger partial charge is 0.355 e. The Morgan fingerprint density at radius 3 is 3.00 bits per heavy atom. The molecule has 0 aliphatic heterocycles. The molecule has 108 valence electrons. The highest BCUT2D eigenvalue weighted by Gasteiger charge is 2.14. The van der Waals surface area contributed by atoms with Gasteiger partial charge in [-0.05, 0) is 17.4 Å². The van der Waals surface area contributed by atoms with Gasteiger partial charge in [-0.1, -0.05) is 31.7 Å². The second-order valence-electron chi connectivity index (χ2n) is 4.64. The number of nitrogens with zero attached hydrogens (tertiary/aromatic N) is 3. The van der Waals surface area contributed by atoms with Crippen LogP contribution in [0.1, 0.15) is 13.8 Å². The van der Waals surface area contributed by atoms with Crippen molar-refractivity contribution in [2.75, 3.05) is 18.1 Å². The molecular weight excluding hydrogens is 294 g/mol. The summed E-state index contributed by atoms with van der Waals surface area (Å²) in [6.07, 6.45) is 0. The van der Waals surface area contributed by atoms with Crippen molar-refractivity contribution >= 4 is 29.0 Å². The minimum atomic E-state index is -0.0237. The first-order chi connectivity index (χ1) is 9.58. The van der Waals surface area contributed by atoms with E-state index in [1.807, 2.05) is 17.5 Å². The lowest BCUT2D eigenvalue weighted by Gasteiger charge is -2.07. The van der Waals surface area contributed by atoms with E-state index < -0.39 is 0 Å². The van der Waals surface area contributed by atoms with Crippen molar-refractivity contribution in [3.63, 3.8) is 0 Å². The van der Waals surface area contributed by atoms with Gasteiger partial charge in [-0.3, -0.25) is 4.79 Å². The average Bonchev–Trinajstić information content (AvgIpc) is 3.03. The summed E-state index contributed by atoms with van der Waals surface area (Å²) in [7, 11) is 0. The first kappa shape index (κ1) is 14.9. The Morgan fingerprint density at radius 2 is 2.35 bits per heavy atom. The Hall–Kier alpha value is -1.54. The fraction of sp³-hybridized carbons (Fsp3) is 0.417. The summed E-state index contributed by atoms with van der Waals surface area (Å²) in [6, 6.07) is 3.86.